The Morgan fingerprint density at radius 2 is 1.62 bits per heavy atom. The van der Waals surface area contributed by atoms with Crippen LogP contribution < -0.4 is 10.2 Å². The van der Waals surface area contributed by atoms with Crippen molar-refractivity contribution in [1.82, 2.24) is 9.88 Å². The minimum Gasteiger partial charge on any atom is -0.314 e. The molecule has 0 bridgehead atoms. The van der Waals surface area contributed by atoms with Crippen LogP contribution in [0, 0.1) is 6.92 Å². The largest absolute Gasteiger partial charge is 0.335 e. The molecule has 4 amide bonds. The number of anilines is 1. The zero-order valence-corrected chi connectivity index (χ0v) is 17.0. The van der Waals surface area contributed by atoms with Gasteiger partial charge in [-0.3, -0.25) is 14.9 Å². The second-order valence-electron chi connectivity index (χ2n) is 6.51. The molecule has 2 aromatic carbocycles. The molecule has 0 aliphatic carbocycles. The number of hydrogen-bond acceptors (Lipinski definition) is 3. The van der Waals surface area contributed by atoms with Gasteiger partial charge in [-0.1, -0.05) is 40.2 Å². The lowest BCUT2D eigenvalue weighted by molar-refractivity contribution is -0.122. The molecule has 29 heavy (non-hydrogen) atoms. The highest BCUT2D eigenvalue weighted by molar-refractivity contribution is 9.10. The highest BCUT2D eigenvalue weighted by Gasteiger charge is 2.37. The third-order valence-electron chi connectivity index (χ3n) is 4.58. The highest BCUT2D eigenvalue weighted by Crippen LogP contribution is 2.26. The maximum Gasteiger partial charge on any atom is 0.335 e. The van der Waals surface area contributed by atoms with E-state index in [9.17, 15) is 14.4 Å². The summed E-state index contributed by atoms with van der Waals surface area (Å²) in [5.41, 5.74) is 2.78. The van der Waals surface area contributed by atoms with Crippen LogP contribution in [-0.4, -0.2) is 22.4 Å². The van der Waals surface area contributed by atoms with Gasteiger partial charge in [-0.2, -0.15) is 0 Å². The lowest BCUT2D eigenvalue weighted by atomic mass is 10.1. The van der Waals surface area contributed by atoms with Gasteiger partial charge in [0.2, 0.25) is 0 Å². The number of hydrogen-bond donors (Lipinski definition) is 1. The van der Waals surface area contributed by atoms with Crippen molar-refractivity contribution >= 4 is 45.5 Å². The van der Waals surface area contributed by atoms with Gasteiger partial charge in [0.15, 0.2) is 0 Å². The van der Waals surface area contributed by atoms with Gasteiger partial charge < -0.3 is 4.57 Å². The van der Waals surface area contributed by atoms with Crippen molar-refractivity contribution in [2.75, 3.05) is 4.90 Å². The number of aromatic nitrogens is 1. The van der Waals surface area contributed by atoms with Gasteiger partial charge in [0.1, 0.15) is 5.57 Å². The summed E-state index contributed by atoms with van der Waals surface area (Å²) in [6.45, 7) is 1.94. The van der Waals surface area contributed by atoms with Crippen molar-refractivity contribution in [1.29, 1.82) is 0 Å². The quantitative estimate of drug-likeness (QED) is 0.480. The standard InChI is InChI=1S/C22H16BrN3O3/c1-14-10-11-18(25(14)16-7-3-2-4-8-16)13-19-20(27)24-22(29)26(21(19)28)17-9-5-6-15(23)12-17/h2-13H,1H3,(H,24,27,29)/b19-13+. The molecule has 1 aliphatic heterocycles. The van der Waals surface area contributed by atoms with E-state index >= 15 is 0 Å². The Kier molecular flexibility index (Phi) is 4.90. The number of nitrogens with zero attached hydrogens (tertiary/aromatic N) is 2. The Labute approximate surface area is 175 Å². The van der Waals surface area contributed by atoms with Crippen molar-refractivity contribution in [2.24, 2.45) is 0 Å². The molecule has 0 unspecified atom stereocenters. The molecule has 1 fully saturated rings. The minimum absolute atomic E-state index is 0.111. The van der Waals surface area contributed by atoms with Crippen LogP contribution >= 0.6 is 15.9 Å². The van der Waals surface area contributed by atoms with Crippen LogP contribution in [0.5, 0.6) is 0 Å². The second-order valence-corrected chi connectivity index (χ2v) is 7.42. The van der Waals surface area contributed by atoms with Crippen LogP contribution in [0.25, 0.3) is 11.8 Å². The number of barbiturate groups is 1. The molecule has 0 radical (unpaired) electrons. The first kappa shape index (κ1) is 18.9. The van der Waals surface area contributed by atoms with Gasteiger partial charge in [-0.05, 0) is 55.5 Å². The van der Waals surface area contributed by atoms with Crippen LogP contribution in [0.15, 0.2) is 76.8 Å². The van der Waals surface area contributed by atoms with Crippen LogP contribution in [0.2, 0.25) is 0 Å². The lowest BCUT2D eigenvalue weighted by Crippen LogP contribution is -2.54. The van der Waals surface area contributed by atoms with Crippen molar-refractivity contribution in [2.45, 2.75) is 6.92 Å². The van der Waals surface area contributed by atoms with E-state index in [1.165, 1.54) is 6.08 Å². The van der Waals surface area contributed by atoms with E-state index in [0.29, 0.717) is 15.9 Å². The van der Waals surface area contributed by atoms with E-state index in [2.05, 4.69) is 21.2 Å². The summed E-state index contributed by atoms with van der Waals surface area (Å²) in [4.78, 5) is 38.8. The third-order valence-corrected chi connectivity index (χ3v) is 5.07. The van der Waals surface area contributed by atoms with Crippen molar-refractivity contribution in [3.05, 3.63) is 88.2 Å². The van der Waals surface area contributed by atoms with Gasteiger partial charge in [-0.25, -0.2) is 9.69 Å². The minimum atomic E-state index is -0.773. The molecule has 0 saturated carbocycles. The first-order chi connectivity index (χ1) is 14.0. The Bertz CT molecular complexity index is 1170. The number of rotatable bonds is 3. The van der Waals surface area contributed by atoms with E-state index in [0.717, 1.165) is 16.3 Å². The predicted molar refractivity (Wildman–Crippen MR) is 114 cm³/mol. The number of urea groups is 1. The maximum absolute atomic E-state index is 13.1. The second kappa shape index (κ2) is 7.52. The number of aryl methyl sites for hydroxylation is 1. The summed E-state index contributed by atoms with van der Waals surface area (Å²) < 4.78 is 2.65. The van der Waals surface area contributed by atoms with Crippen LogP contribution in [-0.2, 0) is 9.59 Å². The fourth-order valence-electron chi connectivity index (χ4n) is 3.26. The molecule has 144 valence electrons. The first-order valence-electron chi connectivity index (χ1n) is 8.86. The smallest absolute Gasteiger partial charge is 0.314 e. The Morgan fingerprint density at radius 3 is 2.34 bits per heavy atom. The Morgan fingerprint density at radius 1 is 0.897 bits per heavy atom. The van der Waals surface area contributed by atoms with E-state index in [1.54, 1.807) is 24.3 Å². The zero-order chi connectivity index (χ0) is 20.5. The van der Waals surface area contributed by atoms with Crippen molar-refractivity contribution in [3.8, 4) is 5.69 Å². The predicted octanol–water partition coefficient (Wildman–Crippen LogP) is 4.21. The normalized spacial score (nSPS) is 15.7. The summed E-state index contributed by atoms with van der Waals surface area (Å²) >= 11 is 3.33. The number of amides is 4. The summed E-state index contributed by atoms with van der Waals surface area (Å²) in [7, 11) is 0. The molecule has 0 atom stereocenters. The topological polar surface area (TPSA) is 71.4 Å². The molecule has 1 aromatic heterocycles. The van der Waals surface area contributed by atoms with Crippen LogP contribution in [0.4, 0.5) is 10.5 Å². The number of benzene rings is 2. The first-order valence-corrected chi connectivity index (χ1v) is 9.66. The molecule has 4 rings (SSSR count). The van der Waals surface area contributed by atoms with Gasteiger partial charge in [0.25, 0.3) is 11.8 Å². The molecule has 1 N–H and O–H groups in total. The van der Waals surface area contributed by atoms with Gasteiger partial charge >= 0.3 is 6.03 Å². The lowest BCUT2D eigenvalue weighted by Gasteiger charge is -2.26. The van der Waals surface area contributed by atoms with E-state index in [1.807, 2.05) is 54.0 Å². The molecule has 2 heterocycles. The van der Waals surface area contributed by atoms with E-state index < -0.39 is 17.8 Å². The maximum atomic E-state index is 13.1. The zero-order valence-electron chi connectivity index (χ0n) is 15.4. The monoisotopic (exact) mass is 449 g/mol. The number of carbonyl (C=O) groups excluding carboxylic acids is 3. The third kappa shape index (κ3) is 3.52. The molecule has 1 saturated heterocycles. The molecule has 7 heteroatoms. The molecule has 3 aromatic rings. The number of imide groups is 2. The SMILES string of the molecule is Cc1ccc(/C=C2\C(=O)NC(=O)N(c3cccc(Br)c3)C2=O)n1-c1ccccc1. The van der Waals surface area contributed by atoms with Gasteiger partial charge in [0, 0.05) is 21.5 Å². The summed E-state index contributed by atoms with van der Waals surface area (Å²) in [5.74, 6) is -1.39. The van der Waals surface area contributed by atoms with Crippen LogP contribution in [0.3, 0.4) is 0 Å². The fourth-order valence-corrected chi connectivity index (χ4v) is 3.64. The van der Waals surface area contributed by atoms with Gasteiger partial charge in [0.05, 0.1) is 5.69 Å². The number of carbonyl (C=O) groups is 3. The average Bonchev–Trinajstić information content (AvgIpc) is 3.06. The average molecular weight is 450 g/mol. The number of halogens is 1. The van der Waals surface area contributed by atoms with E-state index in [4.69, 9.17) is 0 Å². The summed E-state index contributed by atoms with van der Waals surface area (Å²) in [5, 5.41) is 2.25. The van der Waals surface area contributed by atoms with E-state index in [-0.39, 0.29) is 5.57 Å². The number of nitrogens with one attached hydrogen (secondary N) is 1. The molecule has 1 aliphatic rings. The van der Waals surface area contributed by atoms with Crippen LogP contribution in [0.1, 0.15) is 11.4 Å². The molecule has 0 spiro atoms. The van der Waals surface area contributed by atoms with Crippen molar-refractivity contribution in [3.63, 3.8) is 0 Å². The Hall–Kier alpha value is -3.45. The fraction of sp³-hybridized carbons (Fsp3) is 0.0455. The van der Waals surface area contributed by atoms with Gasteiger partial charge in [-0.15, -0.1) is 0 Å². The van der Waals surface area contributed by atoms with Crippen molar-refractivity contribution < 1.29 is 14.4 Å². The molecular weight excluding hydrogens is 434 g/mol. The number of para-hydroxylation sites is 1. The molecule has 6 nitrogen and oxygen atoms in total. The highest BCUT2D eigenvalue weighted by atomic mass is 79.9. The Balaban J connectivity index is 1.79. The molecular formula is C22H16BrN3O3. The summed E-state index contributed by atoms with van der Waals surface area (Å²) in [6, 6.07) is 19.4. The summed E-state index contributed by atoms with van der Waals surface area (Å²) in [6.07, 6.45) is 1.51.